The molecule has 2 aromatic carbocycles. The molecule has 1 aliphatic heterocycles. The molecule has 164 valence electrons. The molecular formula is C23H23ClN6O2. The largest absolute Gasteiger partial charge is 0.373 e. The first-order valence-corrected chi connectivity index (χ1v) is 10.2. The average Bonchev–Trinajstić information content (AvgIpc) is 3.31. The summed E-state index contributed by atoms with van der Waals surface area (Å²) >= 11 is 0. The summed E-state index contributed by atoms with van der Waals surface area (Å²) in [7, 11) is 0. The highest BCUT2D eigenvalue weighted by atomic mass is 35.5. The van der Waals surface area contributed by atoms with Crippen LogP contribution in [0.15, 0.2) is 77.7 Å². The number of hydrogen-bond donors (Lipinski definition) is 3. The predicted octanol–water partition coefficient (Wildman–Crippen LogP) is 3.65. The van der Waals surface area contributed by atoms with Crippen molar-refractivity contribution < 1.29 is 4.84 Å². The van der Waals surface area contributed by atoms with Gasteiger partial charge < -0.3 is 20.5 Å². The van der Waals surface area contributed by atoms with Gasteiger partial charge in [-0.3, -0.25) is 4.79 Å². The zero-order valence-corrected chi connectivity index (χ0v) is 18.0. The molecule has 9 heteroatoms. The molecule has 0 spiro atoms. The molecule has 0 radical (unpaired) electrons. The Morgan fingerprint density at radius 1 is 1.00 bits per heavy atom. The highest BCUT2D eigenvalue weighted by molar-refractivity contribution is 5.91. The summed E-state index contributed by atoms with van der Waals surface area (Å²) < 4.78 is 0. The predicted molar refractivity (Wildman–Crippen MR) is 128 cm³/mol. The molecule has 0 amide bonds. The highest BCUT2D eigenvalue weighted by Crippen LogP contribution is 2.30. The van der Waals surface area contributed by atoms with Gasteiger partial charge in [0.1, 0.15) is 5.39 Å². The van der Waals surface area contributed by atoms with Crippen LogP contribution in [0.5, 0.6) is 5.75 Å². The van der Waals surface area contributed by atoms with Gasteiger partial charge in [0.25, 0.3) is 5.56 Å². The van der Waals surface area contributed by atoms with Gasteiger partial charge in [-0.15, -0.1) is 12.4 Å². The molecule has 4 aromatic rings. The second-order valence-electron chi connectivity index (χ2n) is 7.31. The molecule has 2 aromatic heterocycles. The number of nitrogens with one attached hydrogen (secondary N) is 3. The lowest BCUT2D eigenvalue weighted by Crippen LogP contribution is -2.27. The normalized spacial score (nSPS) is 15.2. The molecule has 3 heterocycles. The number of hydrogen-bond acceptors (Lipinski definition) is 7. The number of fused-ring (bicyclic) bond motifs is 1. The van der Waals surface area contributed by atoms with Crippen LogP contribution in [0.25, 0.3) is 10.9 Å². The summed E-state index contributed by atoms with van der Waals surface area (Å²) in [5.41, 5.74) is 1.00. The van der Waals surface area contributed by atoms with Crippen molar-refractivity contribution in [3.63, 3.8) is 0 Å². The van der Waals surface area contributed by atoms with Gasteiger partial charge in [0.2, 0.25) is 5.95 Å². The third kappa shape index (κ3) is 4.51. The molecule has 3 N–H and O–H groups in total. The fourth-order valence-electron chi connectivity index (χ4n) is 3.61. The third-order valence-corrected chi connectivity index (χ3v) is 5.12. The number of para-hydroxylation sites is 2. The van der Waals surface area contributed by atoms with Gasteiger partial charge in [-0.2, -0.15) is 10.0 Å². The Morgan fingerprint density at radius 3 is 2.47 bits per heavy atom. The summed E-state index contributed by atoms with van der Waals surface area (Å²) in [6.45, 7) is 1.79. The van der Waals surface area contributed by atoms with Crippen molar-refractivity contribution in [2.75, 3.05) is 23.5 Å². The standard InChI is InChI=1S/C23H22N6O2.ClH/c30-22-20-19(12-14-25-22)27-23(26-16-11-13-24-15-16)28-21(20)29(17-7-3-1-4-8-17)31-18-9-5-2-6-10-18;/h1-10,12,14,16,24H,11,13,15H2,(H,25,30)(H,26,27,28);1H/t16-;/m0./s1. The Labute approximate surface area is 191 Å². The van der Waals surface area contributed by atoms with E-state index in [0.717, 1.165) is 25.2 Å². The maximum atomic E-state index is 12.8. The van der Waals surface area contributed by atoms with E-state index in [-0.39, 0.29) is 24.0 Å². The van der Waals surface area contributed by atoms with Crippen LogP contribution in [0.3, 0.4) is 0 Å². The lowest BCUT2D eigenvalue weighted by atomic mass is 10.2. The third-order valence-electron chi connectivity index (χ3n) is 5.12. The number of nitrogens with zero attached hydrogens (tertiary/aromatic N) is 3. The van der Waals surface area contributed by atoms with Crippen LogP contribution in [0.1, 0.15) is 6.42 Å². The minimum absolute atomic E-state index is 0. The van der Waals surface area contributed by atoms with Gasteiger partial charge >= 0.3 is 0 Å². The maximum absolute atomic E-state index is 12.8. The van der Waals surface area contributed by atoms with Crippen LogP contribution in [-0.4, -0.2) is 34.1 Å². The van der Waals surface area contributed by atoms with Gasteiger partial charge in [-0.05, 0) is 43.3 Å². The zero-order valence-electron chi connectivity index (χ0n) is 17.2. The summed E-state index contributed by atoms with van der Waals surface area (Å²) in [6, 6.07) is 21.0. The van der Waals surface area contributed by atoms with E-state index in [2.05, 4.69) is 20.6 Å². The Kier molecular flexibility index (Phi) is 6.53. The molecule has 0 bridgehead atoms. The first kappa shape index (κ1) is 21.6. The lowest BCUT2D eigenvalue weighted by Gasteiger charge is -2.25. The molecule has 8 nitrogen and oxygen atoms in total. The minimum atomic E-state index is -0.279. The Balaban J connectivity index is 0.00000245. The first-order valence-electron chi connectivity index (χ1n) is 10.2. The van der Waals surface area contributed by atoms with Crippen molar-refractivity contribution in [3.8, 4) is 5.75 Å². The van der Waals surface area contributed by atoms with Crippen molar-refractivity contribution in [1.82, 2.24) is 20.3 Å². The monoisotopic (exact) mass is 450 g/mol. The van der Waals surface area contributed by atoms with Crippen molar-refractivity contribution in [1.29, 1.82) is 0 Å². The van der Waals surface area contributed by atoms with E-state index in [4.69, 9.17) is 9.82 Å². The fraction of sp³-hybridized carbons (Fsp3) is 0.174. The second kappa shape index (κ2) is 9.67. The first-order chi connectivity index (χ1) is 15.3. The molecular weight excluding hydrogens is 428 g/mol. The van der Waals surface area contributed by atoms with E-state index in [1.807, 2.05) is 60.7 Å². The molecule has 0 saturated carbocycles. The number of rotatable bonds is 6. The van der Waals surface area contributed by atoms with Crippen LogP contribution in [0.2, 0.25) is 0 Å². The van der Waals surface area contributed by atoms with E-state index in [1.165, 1.54) is 0 Å². The zero-order chi connectivity index (χ0) is 21.0. The topological polar surface area (TPSA) is 95.2 Å². The SMILES string of the molecule is Cl.O=c1[nH]ccc2nc(N[C@H]3CCNC3)nc(N(Oc3ccccc3)c3ccccc3)c12. The molecule has 1 aliphatic rings. The second-order valence-corrected chi connectivity index (χ2v) is 7.31. The van der Waals surface area contributed by atoms with Crippen molar-refractivity contribution in [2.24, 2.45) is 0 Å². The summed E-state index contributed by atoms with van der Waals surface area (Å²) in [4.78, 5) is 31.1. The average molecular weight is 451 g/mol. The highest BCUT2D eigenvalue weighted by Gasteiger charge is 2.22. The number of pyridine rings is 1. The number of H-pyrrole nitrogens is 1. The number of halogens is 1. The van der Waals surface area contributed by atoms with E-state index < -0.39 is 0 Å². The van der Waals surface area contributed by atoms with Gasteiger partial charge in [0.15, 0.2) is 11.6 Å². The van der Waals surface area contributed by atoms with Crippen LogP contribution in [0.4, 0.5) is 17.5 Å². The van der Waals surface area contributed by atoms with Crippen LogP contribution in [0, 0.1) is 0 Å². The Bertz CT molecular complexity index is 1230. The van der Waals surface area contributed by atoms with E-state index in [1.54, 1.807) is 17.3 Å². The number of benzene rings is 2. The number of aromatic amines is 1. The molecule has 5 rings (SSSR count). The Morgan fingerprint density at radius 2 is 1.75 bits per heavy atom. The number of anilines is 3. The fourth-order valence-corrected chi connectivity index (χ4v) is 3.61. The van der Waals surface area contributed by atoms with E-state index in [9.17, 15) is 4.79 Å². The molecule has 32 heavy (non-hydrogen) atoms. The summed E-state index contributed by atoms with van der Waals surface area (Å²) in [5.74, 6) is 1.45. The molecule has 1 saturated heterocycles. The van der Waals surface area contributed by atoms with Crippen LogP contribution in [-0.2, 0) is 0 Å². The maximum Gasteiger partial charge on any atom is 0.261 e. The van der Waals surface area contributed by atoms with E-state index in [0.29, 0.717) is 28.4 Å². The van der Waals surface area contributed by atoms with Crippen molar-refractivity contribution in [2.45, 2.75) is 12.5 Å². The van der Waals surface area contributed by atoms with Crippen molar-refractivity contribution >= 4 is 40.8 Å². The van der Waals surface area contributed by atoms with Gasteiger partial charge in [-0.1, -0.05) is 36.4 Å². The number of aromatic nitrogens is 3. The molecule has 1 fully saturated rings. The van der Waals surface area contributed by atoms with Gasteiger partial charge in [-0.25, -0.2) is 4.98 Å². The molecule has 0 aliphatic carbocycles. The lowest BCUT2D eigenvalue weighted by molar-refractivity contribution is 0.321. The van der Waals surface area contributed by atoms with Crippen LogP contribution >= 0.6 is 12.4 Å². The van der Waals surface area contributed by atoms with Crippen molar-refractivity contribution in [3.05, 3.63) is 83.3 Å². The quantitative estimate of drug-likeness (QED) is 0.386. The van der Waals surface area contributed by atoms with Crippen LogP contribution < -0.4 is 26.1 Å². The smallest absolute Gasteiger partial charge is 0.261 e. The van der Waals surface area contributed by atoms with Gasteiger partial charge in [0.05, 0.1) is 11.2 Å². The summed E-state index contributed by atoms with van der Waals surface area (Å²) in [5, 5.41) is 8.65. The Hall–Kier alpha value is -3.62. The summed E-state index contributed by atoms with van der Waals surface area (Å²) in [6.07, 6.45) is 2.57. The minimum Gasteiger partial charge on any atom is -0.373 e. The van der Waals surface area contributed by atoms with E-state index >= 15 is 0 Å². The molecule has 0 unspecified atom stereocenters. The molecule has 1 atom stereocenters. The van der Waals surface area contributed by atoms with Gasteiger partial charge in [0, 0.05) is 18.8 Å².